The Balaban J connectivity index is 1.60. The maximum absolute atomic E-state index is 13.4. The summed E-state index contributed by atoms with van der Waals surface area (Å²) in [6.07, 6.45) is 3.24. The van der Waals surface area contributed by atoms with E-state index in [1.54, 1.807) is 53.5 Å². The van der Waals surface area contributed by atoms with Crippen molar-refractivity contribution in [1.82, 2.24) is 19.7 Å². The lowest BCUT2D eigenvalue weighted by Crippen LogP contribution is -2.31. The van der Waals surface area contributed by atoms with E-state index in [0.717, 1.165) is 11.1 Å². The number of carbonyl (C=O) groups is 1. The second-order valence-corrected chi connectivity index (χ2v) is 7.42. The highest BCUT2D eigenvalue weighted by Crippen LogP contribution is 2.37. The molecule has 1 atom stereocenters. The summed E-state index contributed by atoms with van der Waals surface area (Å²) in [5.74, 6) is 0.966. The molecule has 5 rings (SSSR count). The fourth-order valence-electron chi connectivity index (χ4n) is 3.75. The quantitative estimate of drug-likeness (QED) is 0.458. The van der Waals surface area contributed by atoms with Crippen LogP contribution in [0.1, 0.15) is 18.5 Å². The van der Waals surface area contributed by atoms with E-state index in [2.05, 4.69) is 20.6 Å². The number of phenols is 1. The lowest BCUT2D eigenvalue weighted by Gasteiger charge is -2.28. The minimum Gasteiger partial charge on any atom is -0.508 e. The van der Waals surface area contributed by atoms with Gasteiger partial charge in [-0.15, -0.1) is 5.10 Å². The summed E-state index contributed by atoms with van der Waals surface area (Å²) in [6.45, 7) is 1.84. The highest BCUT2D eigenvalue weighted by atomic mass is 16.3. The van der Waals surface area contributed by atoms with Gasteiger partial charge >= 0.3 is 0 Å². The molecule has 0 saturated carbocycles. The van der Waals surface area contributed by atoms with Crippen molar-refractivity contribution in [3.05, 3.63) is 96.0 Å². The van der Waals surface area contributed by atoms with Gasteiger partial charge in [-0.1, -0.05) is 42.5 Å². The number of allylic oxidation sites excluding steroid dienone is 1. The predicted molar refractivity (Wildman–Crippen MR) is 121 cm³/mol. The second kappa shape index (κ2) is 7.99. The van der Waals surface area contributed by atoms with Crippen LogP contribution in [0.25, 0.3) is 11.4 Å². The zero-order valence-corrected chi connectivity index (χ0v) is 17.2. The van der Waals surface area contributed by atoms with Crippen LogP contribution < -0.4 is 10.6 Å². The molecule has 0 saturated heterocycles. The van der Waals surface area contributed by atoms with Crippen LogP contribution in [-0.4, -0.2) is 30.8 Å². The van der Waals surface area contributed by atoms with E-state index in [1.807, 2.05) is 37.3 Å². The van der Waals surface area contributed by atoms with Crippen molar-refractivity contribution in [3.63, 3.8) is 0 Å². The van der Waals surface area contributed by atoms with Gasteiger partial charge in [-0.2, -0.15) is 4.98 Å². The lowest BCUT2D eigenvalue weighted by atomic mass is 9.95. The van der Waals surface area contributed by atoms with E-state index < -0.39 is 6.04 Å². The molecule has 0 radical (unpaired) electrons. The molecule has 0 fully saturated rings. The van der Waals surface area contributed by atoms with E-state index in [0.29, 0.717) is 28.7 Å². The molecule has 1 amide bonds. The van der Waals surface area contributed by atoms with Crippen molar-refractivity contribution in [1.29, 1.82) is 0 Å². The molecule has 0 bridgehead atoms. The Hall–Kier alpha value is -4.46. The lowest BCUT2D eigenvalue weighted by molar-refractivity contribution is -0.113. The van der Waals surface area contributed by atoms with Gasteiger partial charge in [0, 0.05) is 17.5 Å². The largest absolute Gasteiger partial charge is 0.508 e. The van der Waals surface area contributed by atoms with Crippen molar-refractivity contribution in [2.24, 2.45) is 0 Å². The van der Waals surface area contributed by atoms with Gasteiger partial charge in [0.25, 0.3) is 5.91 Å². The van der Waals surface area contributed by atoms with Crippen LogP contribution in [0, 0.1) is 0 Å². The zero-order valence-electron chi connectivity index (χ0n) is 17.2. The number of rotatable bonds is 4. The third kappa shape index (κ3) is 3.58. The van der Waals surface area contributed by atoms with Gasteiger partial charge in [0.1, 0.15) is 11.8 Å². The SMILES string of the molecule is CC1=C(C(=O)Nc2cccnc2)[C@@H](c2ccc(O)cc2)n2nc(-c3ccccc3)nc2N1. The molecule has 8 nitrogen and oxygen atoms in total. The number of nitrogens with one attached hydrogen (secondary N) is 2. The van der Waals surface area contributed by atoms with E-state index >= 15 is 0 Å². The van der Waals surface area contributed by atoms with E-state index in [-0.39, 0.29) is 11.7 Å². The van der Waals surface area contributed by atoms with Gasteiger partial charge in [0.15, 0.2) is 5.82 Å². The van der Waals surface area contributed by atoms with E-state index in [1.165, 1.54) is 0 Å². The molecule has 1 aliphatic rings. The average Bonchev–Trinajstić information content (AvgIpc) is 3.23. The fraction of sp³-hybridized carbons (Fsp3) is 0.0833. The van der Waals surface area contributed by atoms with E-state index in [4.69, 9.17) is 5.10 Å². The number of fused-ring (bicyclic) bond motifs is 1. The van der Waals surface area contributed by atoms with Crippen molar-refractivity contribution >= 4 is 17.5 Å². The molecule has 3 N–H and O–H groups in total. The topological polar surface area (TPSA) is 105 Å². The summed E-state index contributed by atoms with van der Waals surface area (Å²) in [7, 11) is 0. The van der Waals surface area contributed by atoms with Crippen LogP contribution in [0.3, 0.4) is 0 Å². The number of anilines is 2. The van der Waals surface area contributed by atoms with Crippen molar-refractivity contribution in [3.8, 4) is 17.1 Å². The summed E-state index contributed by atoms with van der Waals surface area (Å²) in [4.78, 5) is 22.1. The molecule has 2 aromatic carbocycles. The van der Waals surface area contributed by atoms with Gasteiger partial charge < -0.3 is 15.7 Å². The number of carbonyl (C=O) groups excluding carboxylic acids is 1. The molecule has 4 aromatic rings. The Morgan fingerprint density at radius 2 is 1.84 bits per heavy atom. The van der Waals surface area contributed by atoms with Crippen LogP contribution in [0.4, 0.5) is 11.6 Å². The molecule has 32 heavy (non-hydrogen) atoms. The Morgan fingerprint density at radius 1 is 1.06 bits per heavy atom. The third-order valence-corrected chi connectivity index (χ3v) is 5.26. The normalized spacial score (nSPS) is 15.1. The van der Waals surface area contributed by atoms with Gasteiger partial charge in [0.05, 0.1) is 17.5 Å². The highest BCUT2D eigenvalue weighted by Gasteiger charge is 2.34. The molecule has 3 heterocycles. The minimum absolute atomic E-state index is 0.147. The summed E-state index contributed by atoms with van der Waals surface area (Å²) in [5.41, 5.74) is 3.43. The molecular formula is C24H20N6O2. The molecule has 0 spiro atoms. The van der Waals surface area contributed by atoms with Gasteiger partial charge in [-0.3, -0.25) is 9.78 Å². The summed E-state index contributed by atoms with van der Waals surface area (Å²) < 4.78 is 1.71. The number of hydrogen-bond acceptors (Lipinski definition) is 6. The van der Waals surface area contributed by atoms with Crippen LogP contribution >= 0.6 is 0 Å². The maximum Gasteiger partial charge on any atom is 0.255 e. The Morgan fingerprint density at radius 3 is 2.56 bits per heavy atom. The Labute approximate surface area is 184 Å². The Kier molecular flexibility index (Phi) is 4.87. The van der Waals surface area contributed by atoms with Gasteiger partial charge in [-0.05, 0) is 36.8 Å². The number of pyridine rings is 1. The summed E-state index contributed by atoms with van der Waals surface area (Å²) >= 11 is 0. The van der Waals surface area contributed by atoms with Crippen molar-refractivity contribution in [2.45, 2.75) is 13.0 Å². The number of amides is 1. The van der Waals surface area contributed by atoms with Crippen LogP contribution in [-0.2, 0) is 4.79 Å². The number of nitrogens with zero attached hydrogens (tertiary/aromatic N) is 4. The molecule has 0 aliphatic carbocycles. The monoisotopic (exact) mass is 424 g/mol. The van der Waals surface area contributed by atoms with E-state index in [9.17, 15) is 9.90 Å². The fourth-order valence-corrected chi connectivity index (χ4v) is 3.75. The number of hydrogen-bond donors (Lipinski definition) is 3. The molecule has 1 aliphatic heterocycles. The highest BCUT2D eigenvalue weighted by molar-refractivity contribution is 6.05. The second-order valence-electron chi connectivity index (χ2n) is 7.42. The molecule has 158 valence electrons. The standard InChI is InChI=1S/C24H20N6O2/c1-15-20(23(32)27-18-8-5-13-25-14-18)21(16-9-11-19(31)12-10-16)30-24(26-15)28-22(29-30)17-6-3-2-4-7-17/h2-14,21,31H,1H3,(H,27,32)(H,26,28,29)/t21-/m1/s1. The molecular weight excluding hydrogens is 404 g/mol. The van der Waals surface area contributed by atoms with Crippen LogP contribution in [0.5, 0.6) is 5.75 Å². The molecule has 0 unspecified atom stereocenters. The van der Waals surface area contributed by atoms with Crippen molar-refractivity contribution in [2.75, 3.05) is 10.6 Å². The first-order valence-electron chi connectivity index (χ1n) is 10.1. The molecule has 8 heteroatoms. The smallest absolute Gasteiger partial charge is 0.255 e. The summed E-state index contributed by atoms with van der Waals surface area (Å²) in [6, 6.07) is 19.4. The first-order valence-corrected chi connectivity index (χ1v) is 10.1. The number of benzene rings is 2. The average molecular weight is 424 g/mol. The van der Waals surface area contributed by atoms with Crippen LogP contribution in [0.2, 0.25) is 0 Å². The van der Waals surface area contributed by atoms with Gasteiger partial charge in [-0.25, -0.2) is 4.68 Å². The molecule has 2 aromatic heterocycles. The Bertz CT molecular complexity index is 1300. The first-order chi connectivity index (χ1) is 15.6. The third-order valence-electron chi connectivity index (χ3n) is 5.26. The van der Waals surface area contributed by atoms with Crippen molar-refractivity contribution < 1.29 is 9.90 Å². The zero-order chi connectivity index (χ0) is 22.1. The number of aromatic hydroxyl groups is 1. The summed E-state index contributed by atoms with van der Waals surface area (Å²) in [5, 5.41) is 20.6. The first kappa shape index (κ1) is 19.5. The maximum atomic E-state index is 13.4. The van der Waals surface area contributed by atoms with Gasteiger partial charge in [0.2, 0.25) is 5.95 Å². The van der Waals surface area contributed by atoms with Crippen LogP contribution in [0.15, 0.2) is 90.4 Å². The number of aromatic nitrogens is 4. The number of phenolic OH excluding ortho intramolecular Hbond substituents is 1. The predicted octanol–water partition coefficient (Wildman–Crippen LogP) is 3.97. The minimum atomic E-state index is -0.534.